The van der Waals surface area contributed by atoms with Crippen LogP contribution in [0.2, 0.25) is 0 Å². The van der Waals surface area contributed by atoms with E-state index in [1.54, 1.807) is 29.3 Å². The number of halogens is 2. The van der Waals surface area contributed by atoms with Crippen molar-refractivity contribution in [3.63, 3.8) is 0 Å². The van der Waals surface area contributed by atoms with Crippen LogP contribution in [-0.2, 0) is 12.8 Å². The van der Waals surface area contributed by atoms with Crippen LogP contribution in [0.15, 0.2) is 48.7 Å². The number of hydrogen-bond donors (Lipinski definition) is 2. The minimum atomic E-state index is -0.574. The number of carbonyl (C=O) groups is 2. The molecular formula is C30H30F2N6O3. The zero-order chi connectivity index (χ0) is 28.8. The van der Waals surface area contributed by atoms with Crippen molar-refractivity contribution < 1.29 is 23.5 Å². The highest BCUT2D eigenvalue weighted by Gasteiger charge is 2.30. The Hall–Kier alpha value is -4.38. The number of imidazole rings is 1. The molecule has 4 heterocycles. The van der Waals surface area contributed by atoms with E-state index in [2.05, 4.69) is 15.4 Å². The van der Waals surface area contributed by atoms with Gasteiger partial charge >= 0.3 is 6.03 Å². The normalized spacial score (nSPS) is 18.6. The zero-order valence-corrected chi connectivity index (χ0v) is 22.8. The van der Waals surface area contributed by atoms with Gasteiger partial charge in [-0.2, -0.15) is 5.10 Å². The summed E-state index contributed by atoms with van der Waals surface area (Å²) in [6, 6.07) is 10.1. The van der Waals surface area contributed by atoms with Gasteiger partial charge in [0.1, 0.15) is 17.3 Å². The van der Waals surface area contributed by atoms with E-state index in [0.29, 0.717) is 49.4 Å². The molecule has 2 aliphatic rings. The number of benzene rings is 2. The van der Waals surface area contributed by atoms with E-state index in [-0.39, 0.29) is 35.6 Å². The van der Waals surface area contributed by atoms with Crippen LogP contribution >= 0.6 is 0 Å². The van der Waals surface area contributed by atoms with Crippen LogP contribution in [0.1, 0.15) is 53.5 Å². The molecule has 1 fully saturated rings. The number of β-amino-alcohol motifs (C(OH)–C–C–N with tert-alkyl or cyclic N) is 1. The minimum absolute atomic E-state index is 0.225. The summed E-state index contributed by atoms with van der Waals surface area (Å²) >= 11 is 0. The molecular weight excluding hydrogens is 530 g/mol. The van der Waals surface area contributed by atoms with Gasteiger partial charge < -0.3 is 20.2 Å². The lowest BCUT2D eigenvalue weighted by Gasteiger charge is -2.35. The quantitative estimate of drug-likeness (QED) is 0.380. The summed E-state index contributed by atoms with van der Waals surface area (Å²) in [5, 5.41) is 16.9. The Balaban J connectivity index is 1.26. The van der Waals surface area contributed by atoms with Crippen molar-refractivity contribution in [2.75, 3.05) is 25.0 Å². The average Bonchev–Trinajstić information content (AvgIpc) is 3.59. The monoisotopic (exact) mass is 560 g/mol. The maximum absolute atomic E-state index is 15.2. The Labute approximate surface area is 235 Å². The van der Waals surface area contributed by atoms with Crippen LogP contribution in [0.25, 0.3) is 16.9 Å². The highest BCUT2D eigenvalue weighted by molar-refractivity contribution is 5.93. The molecule has 11 heteroatoms. The number of likely N-dealkylation sites (tertiary alicyclic amines) is 1. The Morgan fingerprint density at radius 1 is 1.12 bits per heavy atom. The molecule has 41 heavy (non-hydrogen) atoms. The first kappa shape index (κ1) is 26.8. The fraction of sp³-hybridized carbons (Fsp3) is 0.333. The Morgan fingerprint density at radius 2 is 1.95 bits per heavy atom. The highest BCUT2D eigenvalue weighted by atomic mass is 19.1. The van der Waals surface area contributed by atoms with E-state index < -0.39 is 18.0 Å². The average molecular weight is 561 g/mol. The van der Waals surface area contributed by atoms with Gasteiger partial charge in [0.2, 0.25) is 0 Å². The third-order valence-corrected chi connectivity index (χ3v) is 7.96. The Morgan fingerprint density at radius 3 is 2.68 bits per heavy atom. The van der Waals surface area contributed by atoms with Crippen molar-refractivity contribution in [1.82, 2.24) is 24.4 Å². The van der Waals surface area contributed by atoms with Gasteiger partial charge in [0, 0.05) is 30.9 Å². The lowest BCUT2D eigenvalue weighted by Crippen LogP contribution is -2.39. The third kappa shape index (κ3) is 5.01. The lowest BCUT2D eigenvalue weighted by atomic mass is 9.93. The number of aliphatic hydroxyl groups excluding tert-OH is 1. The fourth-order valence-corrected chi connectivity index (χ4v) is 5.67. The number of aryl methyl sites for hydroxylation is 1. The van der Waals surface area contributed by atoms with Crippen LogP contribution < -0.4 is 5.32 Å². The molecule has 4 aromatic rings. The molecule has 2 aromatic carbocycles. The van der Waals surface area contributed by atoms with Crippen molar-refractivity contribution in [1.29, 1.82) is 0 Å². The first-order valence-electron chi connectivity index (χ1n) is 13.7. The summed E-state index contributed by atoms with van der Waals surface area (Å²) in [6.07, 6.45) is 2.75. The van der Waals surface area contributed by atoms with Crippen molar-refractivity contribution in [2.45, 2.75) is 45.3 Å². The van der Waals surface area contributed by atoms with Crippen LogP contribution in [-0.4, -0.2) is 67.2 Å². The predicted molar refractivity (Wildman–Crippen MR) is 149 cm³/mol. The first-order chi connectivity index (χ1) is 19.7. The van der Waals surface area contributed by atoms with E-state index in [1.165, 1.54) is 33.7 Å². The van der Waals surface area contributed by atoms with E-state index in [9.17, 15) is 19.1 Å². The largest absolute Gasteiger partial charge is 0.391 e. The number of amides is 3. The van der Waals surface area contributed by atoms with Gasteiger partial charge in [0.25, 0.3) is 5.91 Å². The van der Waals surface area contributed by atoms with Crippen LogP contribution in [0.4, 0.5) is 19.3 Å². The maximum atomic E-state index is 15.2. The molecule has 0 aliphatic carbocycles. The second kappa shape index (κ2) is 10.5. The van der Waals surface area contributed by atoms with Gasteiger partial charge in [0.05, 0.1) is 24.0 Å². The van der Waals surface area contributed by atoms with Crippen LogP contribution in [0.5, 0.6) is 0 Å². The van der Waals surface area contributed by atoms with E-state index in [0.717, 1.165) is 16.7 Å². The fourth-order valence-electron chi connectivity index (χ4n) is 5.67. The van der Waals surface area contributed by atoms with Gasteiger partial charge in [-0.3, -0.25) is 4.79 Å². The van der Waals surface area contributed by atoms with E-state index in [1.807, 2.05) is 13.8 Å². The van der Waals surface area contributed by atoms with E-state index in [4.69, 9.17) is 0 Å². The molecule has 0 saturated carbocycles. The Bertz CT molecular complexity index is 1670. The number of fused-ring (bicyclic) bond motifs is 2. The Kier molecular flexibility index (Phi) is 6.90. The third-order valence-electron chi connectivity index (χ3n) is 7.96. The maximum Gasteiger partial charge on any atom is 0.321 e. The molecule has 1 saturated heterocycles. The number of carbonyl (C=O) groups excluding carboxylic acids is 2. The number of nitrogens with one attached hydrogen (secondary N) is 1. The van der Waals surface area contributed by atoms with E-state index >= 15 is 4.39 Å². The minimum Gasteiger partial charge on any atom is -0.391 e. The van der Waals surface area contributed by atoms with Crippen molar-refractivity contribution in [3.8, 4) is 11.3 Å². The second-order valence-electron chi connectivity index (χ2n) is 10.6. The molecule has 6 rings (SSSR count). The molecule has 2 atom stereocenters. The number of urea groups is 1. The molecule has 2 aliphatic heterocycles. The molecule has 2 aromatic heterocycles. The smallest absolute Gasteiger partial charge is 0.321 e. The summed E-state index contributed by atoms with van der Waals surface area (Å²) in [6.45, 7) is 4.99. The zero-order valence-electron chi connectivity index (χ0n) is 22.8. The number of hydrogen-bond acceptors (Lipinski definition) is 5. The lowest BCUT2D eigenvalue weighted by molar-refractivity contribution is 0.0669. The molecule has 3 amide bonds. The van der Waals surface area contributed by atoms with Crippen molar-refractivity contribution in [2.24, 2.45) is 0 Å². The molecule has 0 radical (unpaired) electrons. The number of rotatable bonds is 4. The van der Waals surface area contributed by atoms with Crippen LogP contribution in [0, 0.1) is 11.6 Å². The van der Waals surface area contributed by atoms with Gasteiger partial charge in [-0.1, -0.05) is 13.0 Å². The molecule has 212 valence electrons. The van der Waals surface area contributed by atoms with Gasteiger partial charge in [-0.25, -0.2) is 23.1 Å². The molecule has 9 nitrogen and oxygen atoms in total. The van der Waals surface area contributed by atoms with Gasteiger partial charge in [-0.15, -0.1) is 0 Å². The number of anilines is 1. The molecule has 0 bridgehead atoms. The molecule has 0 spiro atoms. The second-order valence-corrected chi connectivity index (χ2v) is 10.6. The summed E-state index contributed by atoms with van der Waals surface area (Å²) < 4.78 is 30.7. The van der Waals surface area contributed by atoms with Crippen molar-refractivity contribution >= 4 is 23.3 Å². The predicted octanol–water partition coefficient (Wildman–Crippen LogP) is 4.59. The van der Waals surface area contributed by atoms with Gasteiger partial charge in [-0.05, 0) is 79.3 Å². The summed E-state index contributed by atoms with van der Waals surface area (Å²) in [5.41, 5.74) is 4.20. The first-order valence-corrected chi connectivity index (χ1v) is 13.7. The summed E-state index contributed by atoms with van der Waals surface area (Å²) in [5.74, 6) is -1.18. The topological polar surface area (TPSA) is 103 Å². The number of aromatic nitrogens is 3. The standard InChI is InChI=1S/C30H30F2N6O3/c1-3-18-12-26(29(40)37-11-8-19-4-5-20(31)13-24(19)17(37)2)35-38-16-27(34-28(18)38)23-7-6-21(14-25(23)32)33-30(41)36-10-9-22(39)15-36/h4-7,12-14,16-17,22,39H,3,8-11,15H2,1-2H3,(H,33,41)/t17-,22-/m1/s1. The SMILES string of the molecule is CCc1cc(C(=O)N2CCc3ccc(F)cc3[C@H]2C)nn2cc(-c3ccc(NC(=O)N4CC[C@@H](O)C4)cc3F)nc12. The summed E-state index contributed by atoms with van der Waals surface area (Å²) in [7, 11) is 0. The van der Waals surface area contributed by atoms with Crippen LogP contribution in [0.3, 0.4) is 0 Å². The number of aliphatic hydroxyl groups is 1. The molecule has 0 unspecified atom stereocenters. The summed E-state index contributed by atoms with van der Waals surface area (Å²) in [4.78, 5) is 33.8. The number of nitrogens with zero attached hydrogens (tertiary/aromatic N) is 5. The van der Waals surface area contributed by atoms with Gasteiger partial charge in [0.15, 0.2) is 5.65 Å². The molecule has 2 N–H and O–H groups in total. The van der Waals surface area contributed by atoms with Crippen molar-refractivity contribution in [3.05, 3.63) is 82.7 Å². The highest BCUT2D eigenvalue weighted by Crippen LogP contribution is 2.32.